The van der Waals surface area contributed by atoms with Crippen LogP contribution in [0.3, 0.4) is 0 Å². The molecule has 1 aromatic heterocycles. The number of hydrogen-bond donors (Lipinski definition) is 1. The SMILES string of the molecule is CCN(CC)CCNCCOc1ccc2cccnc2c1. The molecule has 1 heterocycles. The Balaban J connectivity index is 1.68. The highest BCUT2D eigenvalue weighted by Crippen LogP contribution is 2.18. The highest BCUT2D eigenvalue weighted by atomic mass is 16.5. The Morgan fingerprint density at radius 1 is 1.14 bits per heavy atom. The van der Waals surface area contributed by atoms with Crippen LogP contribution in [0.1, 0.15) is 13.8 Å². The van der Waals surface area contributed by atoms with Gasteiger partial charge >= 0.3 is 0 Å². The third kappa shape index (κ3) is 4.99. The van der Waals surface area contributed by atoms with E-state index in [1.807, 2.05) is 24.3 Å². The zero-order valence-electron chi connectivity index (χ0n) is 13.0. The van der Waals surface area contributed by atoms with Crippen LogP contribution in [0.5, 0.6) is 5.75 Å². The molecule has 0 saturated carbocycles. The second-order valence-corrected chi connectivity index (χ2v) is 4.98. The van der Waals surface area contributed by atoms with Gasteiger partial charge in [-0.1, -0.05) is 19.9 Å². The van der Waals surface area contributed by atoms with Gasteiger partial charge in [0.25, 0.3) is 0 Å². The fourth-order valence-corrected chi connectivity index (χ4v) is 2.28. The molecule has 0 fully saturated rings. The maximum Gasteiger partial charge on any atom is 0.121 e. The summed E-state index contributed by atoms with van der Waals surface area (Å²) in [5, 5.41) is 4.55. The lowest BCUT2D eigenvalue weighted by molar-refractivity contribution is 0.286. The lowest BCUT2D eigenvalue weighted by Crippen LogP contribution is -2.33. The summed E-state index contributed by atoms with van der Waals surface area (Å²) in [5.74, 6) is 0.881. The molecule has 0 unspecified atom stereocenters. The fraction of sp³-hybridized carbons (Fsp3) is 0.471. The first-order valence-corrected chi connectivity index (χ1v) is 7.74. The molecule has 1 N–H and O–H groups in total. The van der Waals surface area contributed by atoms with Crippen LogP contribution in [0.25, 0.3) is 10.9 Å². The summed E-state index contributed by atoms with van der Waals surface area (Å²) in [4.78, 5) is 6.74. The number of fused-ring (bicyclic) bond motifs is 1. The van der Waals surface area contributed by atoms with Crippen molar-refractivity contribution < 1.29 is 4.74 Å². The number of aromatic nitrogens is 1. The van der Waals surface area contributed by atoms with Crippen LogP contribution in [-0.2, 0) is 0 Å². The highest BCUT2D eigenvalue weighted by molar-refractivity contribution is 5.79. The van der Waals surface area contributed by atoms with Gasteiger partial charge in [0.05, 0.1) is 5.52 Å². The van der Waals surface area contributed by atoms with E-state index in [9.17, 15) is 0 Å². The van der Waals surface area contributed by atoms with Crippen LogP contribution in [-0.4, -0.2) is 49.2 Å². The van der Waals surface area contributed by atoms with E-state index in [0.717, 1.165) is 49.4 Å². The molecule has 0 aliphatic heterocycles. The molecule has 4 nitrogen and oxygen atoms in total. The molecule has 114 valence electrons. The third-order valence-corrected chi connectivity index (χ3v) is 3.62. The van der Waals surface area contributed by atoms with Crippen molar-refractivity contribution in [3.05, 3.63) is 36.5 Å². The number of likely N-dealkylation sites (N-methyl/N-ethyl adjacent to an activating group) is 1. The smallest absolute Gasteiger partial charge is 0.121 e. The number of benzene rings is 1. The van der Waals surface area contributed by atoms with Crippen LogP contribution >= 0.6 is 0 Å². The quantitative estimate of drug-likeness (QED) is 0.719. The standard InChI is InChI=1S/C17H25N3O/c1-3-20(4-2)12-10-18-11-13-21-16-8-7-15-6-5-9-19-17(15)14-16/h5-9,14,18H,3-4,10-13H2,1-2H3. The van der Waals surface area contributed by atoms with Gasteiger partial charge < -0.3 is 15.0 Å². The molecule has 0 radical (unpaired) electrons. The number of nitrogens with one attached hydrogen (secondary N) is 1. The summed E-state index contributed by atoms with van der Waals surface area (Å²) in [6.45, 7) is 10.2. The van der Waals surface area contributed by atoms with Crippen molar-refractivity contribution in [3.63, 3.8) is 0 Å². The van der Waals surface area contributed by atoms with Crippen LogP contribution in [0, 0.1) is 0 Å². The first-order valence-electron chi connectivity index (χ1n) is 7.74. The summed E-state index contributed by atoms with van der Waals surface area (Å²) in [7, 11) is 0. The molecule has 2 aromatic rings. The van der Waals surface area contributed by atoms with E-state index in [2.05, 4.69) is 35.1 Å². The van der Waals surface area contributed by atoms with Crippen molar-refractivity contribution in [2.45, 2.75) is 13.8 Å². The zero-order chi connectivity index (χ0) is 14.9. The van der Waals surface area contributed by atoms with Crippen LogP contribution in [0.2, 0.25) is 0 Å². The van der Waals surface area contributed by atoms with E-state index in [0.29, 0.717) is 6.61 Å². The van der Waals surface area contributed by atoms with Crippen LogP contribution < -0.4 is 10.1 Å². The summed E-state index contributed by atoms with van der Waals surface area (Å²) in [6.07, 6.45) is 1.81. The molecule has 21 heavy (non-hydrogen) atoms. The van der Waals surface area contributed by atoms with E-state index in [1.54, 1.807) is 6.20 Å². The minimum Gasteiger partial charge on any atom is -0.492 e. The molecular formula is C17H25N3O. The Kier molecular flexibility index (Phi) is 6.44. The Bertz CT molecular complexity index is 540. The maximum atomic E-state index is 5.76. The first kappa shape index (κ1) is 15.7. The Morgan fingerprint density at radius 2 is 2.00 bits per heavy atom. The van der Waals surface area contributed by atoms with E-state index in [4.69, 9.17) is 4.74 Å². The summed E-state index contributed by atoms with van der Waals surface area (Å²) >= 11 is 0. The molecule has 0 aliphatic carbocycles. The molecule has 2 rings (SSSR count). The molecule has 0 atom stereocenters. The van der Waals surface area contributed by atoms with Gasteiger partial charge in [-0.3, -0.25) is 4.98 Å². The van der Waals surface area contributed by atoms with Gasteiger partial charge in [0.2, 0.25) is 0 Å². The third-order valence-electron chi connectivity index (χ3n) is 3.62. The van der Waals surface area contributed by atoms with Gasteiger partial charge in [0.15, 0.2) is 0 Å². The summed E-state index contributed by atoms with van der Waals surface area (Å²) < 4.78 is 5.76. The topological polar surface area (TPSA) is 37.4 Å². The fourth-order valence-electron chi connectivity index (χ4n) is 2.28. The number of rotatable bonds is 9. The van der Waals surface area contributed by atoms with Gasteiger partial charge in [-0.2, -0.15) is 0 Å². The number of hydrogen-bond acceptors (Lipinski definition) is 4. The molecule has 0 bridgehead atoms. The van der Waals surface area contributed by atoms with Gasteiger partial charge in [0, 0.05) is 37.3 Å². The summed E-state index contributed by atoms with van der Waals surface area (Å²) in [5.41, 5.74) is 0.976. The van der Waals surface area contributed by atoms with Gasteiger partial charge in [-0.05, 0) is 31.3 Å². The molecular weight excluding hydrogens is 262 g/mol. The van der Waals surface area contributed by atoms with Crippen molar-refractivity contribution in [1.29, 1.82) is 0 Å². The normalized spacial score (nSPS) is 11.2. The van der Waals surface area contributed by atoms with Crippen molar-refractivity contribution >= 4 is 10.9 Å². The monoisotopic (exact) mass is 287 g/mol. The first-order chi connectivity index (χ1) is 10.3. The molecule has 0 saturated heterocycles. The minimum absolute atomic E-state index is 0.677. The largest absolute Gasteiger partial charge is 0.492 e. The molecule has 0 amide bonds. The average molecular weight is 287 g/mol. The number of nitrogens with zero attached hydrogens (tertiary/aromatic N) is 2. The lowest BCUT2D eigenvalue weighted by atomic mass is 10.2. The van der Waals surface area contributed by atoms with Gasteiger partial charge in [-0.15, -0.1) is 0 Å². The average Bonchev–Trinajstić information content (AvgIpc) is 2.54. The van der Waals surface area contributed by atoms with E-state index >= 15 is 0 Å². The van der Waals surface area contributed by atoms with Crippen molar-refractivity contribution in [1.82, 2.24) is 15.2 Å². The Morgan fingerprint density at radius 3 is 2.81 bits per heavy atom. The van der Waals surface area contributed by atoms with Crippen LogP contribution in [0.4, 0.5) is 0 Å². The van der Waals surface area contributed by atoms with Gasteiger partial charge in [-0.25, -0.2) is 0 Å². The minimum atomic E-state index is 0.677. The number of pyridine rings is 1. The predicted octanol–water partition coefficient (Wildman–Crippen LogP) is 2.54. The Hall–Kier alpha value is -1.65. The summed E-state index contributed by atoms with van der Waals surface area (Å²) in [6, 6.07) is 10.0. The second kappa shape index (κ2) is 8.60. The van der Waals surface area contributed by atoms with E-state index < -0.39 is 0 Å². The van der Waals surface area contributed by atoms with Crippen molar-refractivity contribution in [3.8, 4) is 5.75 Å². The lowest BCUT2D eigenvalue weighted by Gasteiger charge is -2.18. The zero-order valence-corrected chi connectivity index (χ0v) is 13.0. The molecule has 0 aliphatic rings. The Labute approximate surface area is 127 Å². The second-order valence-electron chi connectivity index (χ2n) is 4.98. The maximum absolute atomic E-state index is 5.76. The van der Waals surface area contributed by atoms with E-state index in [-0.39, 0.29) is 0 Å². The van der Waals surface area contributed by atoms with Crippen LogP contribution in [0.15, 0.2) is 36.5 Å². The molecule has 4 heteroatoms. The number of ether oxygens (including phenoxy) is 1. The highest BCUT2D eigenvalue weighted by Gasteiger charge is 1.99. The van der Waals surface area contributed by atoms with Crippen molar-refractivity contribution in [2.75, 3.05) is 39.3 Å². The predicted molar refractivity (Wildman–Crippen MR) is 87.9 cm³/mol. The van der Waals surface area contributed by atoms with Crippen molar-refractivity contribution in [2.24, 2.45) is 0 Å². The van der Waals surface area contributed by atoms with E-state index in [1.165, 1.54) is 0 Å². The van der Waals surface area contributed by atoms with Gasteiger partial charge in [0.1, 0.15) is 12.4 Å². The molecule has 1 aromatic carbocycles. The molecule has 0 spiro atoms.